The minimum Gasteiger partial charge on any atom is -0.493 e. The number of ether oxygens (including phenoxy) is 1. The summed E-state index contributed by atoms with van der Waals surface area (Å²) >= 11 is 6.12. The molecule has 0 aliphatic heterocycles. The molecule has 0 atom stereocenters. The molecule has 0 saturated carbocycles. The normalized spacial score (nSPS) is 10.4. The van der Waals surface area contributed by atoms with Crippen LogP contribution in [0.5, 0.6) is 5.75 Å². The number of aldehydes is 1. The third-order valence-corrected chi connectivity index (χ3v) is 3.03. The van der Waals surface area contributed by atoms with Crippen LogP contribution in [0.2, 0.25) is 5.02 Å². The highest BCUT2D eigenvalue weighted by Crippen LogP contribution is 2.35. The molecule has 0 amide bonds. The largest absolute Gasteiger partial charge is 0.493 e. The summed E-state index contributed by atoms with van der Waals surface area (Å²) in [4.78, 5) is 10.9. The van der Waals surface area contributed by atoms with Crippen molar-refractivity contribution < 1.29 is 9.53 Å². The SMILES string of the molecule is CCOc1cc(C)c(Cl)cc1-c1[nH]ncc1C=O. The number of halogens is 1. The smallest absolute Gasteiger partial charge is 0.153 e. The van der Waals surface area contributed by atoms with Gasteiger partial charge in [0.25, 0.3) is 0 Å². The first-order valence-electron chi connectivity index (χ1n) is 5.59. The zero-order valence-corrected chi connectivity index (χ0v) is 10.9. The summed E-state index contributed by atoms with van der Waals surface area (Å²) in [5, 5.41) is 7.29. The van der Waals surface area contributed by atoms with Gasteiger partial charge in [-0.3, -0.25) is 9.89 Å². The second kappa shape index (κ2) is 5.23. The molecule has 1 aromatic carbocycles. The zero-order valence-electron chi connectivity index (χ0n) is 10.2. The lowest BCUT2D eigenvalue weighted by Crippen LogP contribution is -1.96. The second-order valence-corrected chi connectivity index (χ2v) is 4.26. The first-order chi connectivity index (χ1) is 8.67. The van der Waals surface area contributed by atoms with E-state index in [1.165, 1.54) is 6.20 Å². The Labute approximate surface area is 110 Å². The van der Waals surface area contributed by atoms with Crippen LogP contribution in [0.4, 0.5) is 0 Å². The first-order valence-corrected chi connectivity index (χ1v) is 5.97. The van der Waals surface area contributed by atoms with Crippen molar-refractivity contribution in [2.45, 2.75) is 13.8 Å². The van der Waals surface area contributed by atoms with E-state index in [9.17, 15) is 4.79 Å². The van der Waals surface area contributed by atoms with Crippen LogP contribution in [-0.4, -0.2) is 23.1 Å². The Morgan fingerprint density at radius 1 is 1.50 bits per heavy atom. The standard InChI is InChI=1S/C13H13ClN2O2/c1-3-18-12-4-8(2)11(14)5-10(12)13-9(7-17)6-15-16-13/h4-7H,3H2,1-2H3,(H,15,16). The monoisotopic (exact) mass is 264 g/mol. The van der Waals surface area contributed by atoms with Gasteiger partial charge in [-0.1, -0.05) is 11.6 Å². The molecule has 0 spiro atoms. The Balaban J connectivity index is 2.61. The van der Waals surface area contributed by atoms with Gasteiger partial charge in [-0.2, -0.15) is 5.10 Å². The number of nitrogens with zero attached hydrogens (tertiary/aromatic N) is 1. The summed E-state index contributed by atoms with van der Waals surface area (Å²) in [5.41, 5.74) is 2.77. The molecule has 0 fully saturated rings. The lowest BCUT2D eigenvalue weighted by Gasteiger charge is -2.11. The summed E-state index contributed by atoms with van der Waals surface area (Å²) in [6, 6.07) is 3.64. The molecule has 0 aliphatic rings. The molecule has 0 radical (unpaired) electrons. The van der Waals surface area contributed by atoms with E-state index in [0.29, 0.717) is 28.6 Å². The van der Waals surface area contributed by atoms with Crippen molar-refractivity contribution in [1.82, 2.24) is 10.2 Å². The highest BCUT2D eigenvalue weighted by Gasteiger charge is 2.14. The highest BCUT2D eigenvalue weighted by molar-refractivity contribution is 6.31. The number of carbonyl (C=O) groups excluding carboxylic acids is 1. The molecule has 1 N–H and O–H groups in total. The lowest BCUT2D eigenvalue weighted by molar-refractivity contribution is 0.112. The van der Waals surface area contributed by atoms with Crippen molar-refractivity contribution in [1.29, 1.82) is 0 Å². The maximum Gasteiger partial charge on any atom is 0.153 e. The third kappa shape index (κ3) is 2.24. The summed E-state index contributed by atoms with van der Waals surface area (Å²) in [5.74, 6) is 0.687. The maximum absolute atomic E-state index is 10.9. The van der Waals surface area contributed by atoms with Crippen molar-refractivity contribution in [3.05, 3.63) is 34.5 Å². The molecular weight excluding hydrogens is 252 g/mol. The third-order valence-electron chi connectivity index (χ3n) is 2.63. The molecule has 2 aromatic rings. The van der Waals surface area contributed by atoms with Crippen LogP contribution in [0.25, 0.3) is 11.3 Å². The second-order valence-electron chi connectivity index (χ2n) is 3.85. The van der Waals surface area contributed by atoms with Gasteiger partial charge in [0.1, 0.15) is 5.75 Å². The van der Waals surface area contributed by atoms with E-state index in [0.717, 1.165) is 17.4 Å². The van der Waals surface area contributed by atoms with Crippen molar-refractivity contribution in [2.75, 3.05) is 6.61 Å². The first kappa shape index (κ1) is 12.6. The summed E-state index contributed by atoms with van der Waals surface area (Å²) < 4.78 is 5.57. The van der Waals surface area contributed by atoms with Gasteiger partial charge in [0.2, 0.25) is 0 Å². The van der Waals surface area contributed by atoms with Crippen molar-refractivity contribution in [3.8, 4) is 17.0 Å². The zero-order chi connectivity index (χ0) is 13.1. The Morgan fingerprint density at radius 2 is 2.28 bits per heavy atom. The average molecular weight is 265 g/mol. The molecule has 0 saturated heterocycles. The van der Waals surface area contributed by atoms with Crippen LogP contribution in [0.1, 0.15) is 22.8 Å². The molecular formula is C13H13ClN2O2. The van der Waals surface area contributed by atoms with Gasteiger partial charge in [0, 0.05) is 10.6 Å². The van der Waals surface area contributed by atoms with Gasteiger partial charge in [0.15, 0.2) is 6.29 Å². The Morgan fingerprint density at radius 3 is 2.94 bits per heavy atom. The fourth-order valence-electron chi connectivity index (χ4n) is 1.73. The molecule has 4 nitrogen and oxygen atoms in total. The van der Waals surface area contributed by atoms with E-state index in [1.54, 1.807) is 6.07 Å². The van der Waals surface area contributed by atoms with E-state index in [-0.39, 0.29) is 0 Å². The number of H-pyrrole nitrogens is 1. The molecule has 94 valence electrons. The van der Waals surface area contributed by atoms with Crippen molar-refractivity contribution in [3.63, 3.8) is 0 Å². The van der Waals surface area contributed by atoms with Gasteiger partial charge in [-0.15, -0.1) is 0 Å². The quantitative estimate of drug-likeness (QED) is 0.863. The summed E-state index contributed by atoms with van der Waals surface area (Å²) in [7, 11) is 0. The number of aryl methyl sites for hydroxylation is 1. The van der Waals surface area contributed by atoms with Crippen LogP contribution in [0.15, 0.2) is 18.3 Å². The molecule has 1 aromatic heterocycles. The van der Waals surface area contributed by atoms with E-state index < -0.39 is 0 Å². The van der Waals surface area contributed by atoms with E-state index >= 15 is 0 Å². The Bertz CT molecular complexity index is 578. The highest BCUT2D eigenvalue weighted by atomic mass is 35.5. The van der Waals surface area contributed by atoms with Gasteiger partial charge in [0.05, 0.1) is 24.1 Å². The van der Waals surface area contributed by atoms with Crippen LogP contribution in [0.3, 0.4) is 0 Å². The fourth-order valence-corrected chi connectivity index (χ4v) is 1.89. The Hall–Kier alpha value is -1.81. The topological polar surface area (TPSA) is 55.0 Å². The molecule has 5 heteroatoms. The van der Waals surface area contributed by atoms with Gasteiger partial charge < -0.3 is 4.74 Å². The number of hydrogen-bond acceptors (Lipinski definition) is 3. The van der Waals surface area contributed by atoms with Gasteiger partial charge in [-0.25, -0.2) is 0 Å². The van der Waals surface area contributed by atoms with Crippen LogP contribution < -0.4 is 4.74 Å². The van der Waals surface area contributed by atoms with E-state index in [4.69, 9.17) is 16.3 Å². The van der Waals surface area contributed by atoms with Gasteiger partial charge >= 0.3 is 0 Å². The summed E-state index contributed by atoms with van der Waals surface area (Å²) in [6.07, 6.45) is 2.23. The molecule has 1 heterocycles. The molecule has 2 rings (SSSR count). The van der Waals surface area contributed by atoms with Crippen molar-refractivity contribution in [2.24, 2.45) is 0 Å². The fraction of sp³-hybridized carbons (Fsp3) is 0.231. The Kier molecular flexibility index (Phi) is 3.67. The molecule has 0 unspecified atom stereocenters. The van der Waals surface area contributed by atoms with E-state index in [1.807, 2.05) is 19.9 Å². The molecule has 18 heavy (non-hydrogen) atoms. The number of rotatable bonds is 4. The van der Waals surface area contributed by atoms with Crippen molar-refractivity contribution >= 4 is 17.9 Å². The molecule has 0 aliphatic carbocycles. The predicted molar refractivity (Wildman–Crippen MR) is 70.3 cm³/mol. The number of nitrogens with one attached hydrogen (secondary N) is 1. The number of aromatic amines is 1. The van der Waals surface area contributed by atoms with Crippen LogP contribution >= 0.6 is 11.6 Å². The lowest BCUT2D eigenvalue weighted by atomic mass is 10.1. The maximum atomic E-state index is 10.9. The minimum atomic E-state index is 0.482. The van der Waals surface area contributed by atoms with Gasteiger partial charge in [-0.05, 0) is 31.5 Å². The predicted octanol–water partition coefficient (Wildman–Crippen LogP) is 3.25. The average Bonchev–Trinajstić information content (AvgIpc) is 2.82. The summed E-state index contributed by atoms with van der Waals surface area (Å²) in [6.45, 7) is 4.35. The number of carbonyl (C=O) groups is 1. The minimum absolute atomic E-state index is 0.482. The van der Waals surface area contributed by atoms with Crippen LogP contribution in [0, 0.1) is 6.92 Å². The number of aromatic nitrogens is 2. The number of benzene rings is 1. The van der Waals surface area contributed by atoms with E-state index in [2.05, 4.69) is 10.2 Å². The molecule has 0 bridgehead atoms. The van der Waals surface area contributed by atoms with Crippen LogP contribution in [-0.2, 0) is 0 Å². The number of hydrogen-bond donors (Lipinski definition) is 1.